The summed E-state index contributed by atoms with van der Waals surface area (Å²) in [4.78, 5) is 16.6. The molecule has 0 unspecified atom stereocenters. The van der Waals surface area contributed by atoms with Crippen molar-refractivity contribution in [1.29, 1.82) is 0 Å². The first-order valence-electron chi connectivity index (χ1n) is 9.48. The third kappa shape index (κ3) is 4.36. The van der Waals surface area contributed by atoms with Gasteiger partial charge in [0.25, 0.3) is 0 Å². The van der Waals surface area contributed by atoms with Crippen LogP contribution in [-0.2, 0) is 13.1 Å². The van der Waals surface area contributed by atoms with Crippen LogP contribution in [0.3, 0.4) is 0 Å². The Balaban J connectivity index is 1.56. The van der Waals surface area contributed by atoms with Crippen molar-refractivity contribution < 1.29 is 9.90 Å². The Kier molecular flexibility index (Phi) is 5.69. The molecule has 3 N–H and O–H groups in total. The fourth-order valence-electron chi connectivity index (χ4n) is 3.34. The molecule has 0 spiro atoms. The molecular weight excluding hydrogens is 380 g/mol. The van der Waals surface area contributed by atoms with Crippen molar-refractivity contribution in [1.82, 2.24) is 10.3 Å². The second-order valence-corrected chi connectivity index (χ2v) is 8.04. The Hall–Kier alpha value is -3.02. The highest BCUT2D eigenvalue weighted by Gasteiger charge is 2.18. The van der Waals surface area contributed by atoms with E-state index in [9.17, 15) is 9.90 Å². The predicted octanol–water partition coefficient (Wildman–Crippen LogP) is 5.62. The van der Waals surface area contributed by atoms with Gasteiger partial charge in [0.1, 0.15) is 5.69 Å². The monoisotopic (exact) mass is 402 g/mol. The fraction of sp³-hybridized carbons (Fsp3) is 0.125. The van der Waals surface area contributed by atoms with Crippen molar-refractivity contribution in [2.24, 2.45) is 0 Å². The van der Waals surface area contributed by atoms with Crippen LogP contribution in [0.15, 0.2) is 82.6 Å². The van der Waals surface area contributed by atoms with Crippen molar-refractivity contribution >= 4 is 28.6 Å². The normalized spacial score (nSPS) is 11.1. The van der Waals surface area contributed by atoms with Gasteiger partial charge in [-0.15, -0.1) is 0 Å². The number of hydrogen-bond acceptors (Lipinski definition) is 3. The first kappa shape index (κ1) is 19.3. The Morgan fingerprint density at radius 3 is 2.52 bits per heavy atom. The molecule has 0 aliphatic carbocycles. The van der Waals surface area contributed by atoms with Gasteiger partial charge in [-0.05, 0) is 41.8 Å². The summed E-state index contributed by atoms with van der Waals surface area (Å²) in [5.74, 6) is -0.946. The van der Waals surface area contributed by atoms with Crippen LogP contribution in [0.1, 0.15) is 27.2 Å². The van der Waals surface area contributed by atoms with Crippen molar-refractivity contribution in [3.8, 4) is 0 Å². The van der Waals surface area contributed by atoms with Gasteiger partial charge >= 0.3 is 5.97 Å². The van der Waals surface area contributed by atoms with E-state index in [0.717, 1.165) is 32.8 Å². The van der Waals surface area contributed by atoms with E-state index in [0.29, 0.717) is 6.54 Å². The van der Waals surface area contributed by atoms with Gasteiger partial charge < -0.3 is 15.4 Å². The number of carboxylic acid groups (broad SMARTS) is 1. The average molecular weight is 403 g/mol. The SMILES string of the molecule is Cc1ccccc1CNCc1ccc2c(Sc3ccccc3)c(C(=O)O)[nH]c2c1. The summed E-state index contributed by atoms with van der Waals surface area (Å²) in [7, 11) is 0. The molecule has 0 bridgehead atoms. The molecule has 0 aliphatic rings. The van der Waals surface area contributed by atoms with Crippen LogP contribution >= 0.6 is 11.8 Å². The molecule has 0 saturated heterocycles. The molecule has 0 atom stereocenters. The Morgan fingerprint density at radius 1 is 1.00 bits per heavy atom. The van der Waals surface area contributed by atoms with Crippen LogP contribution in [-0.4, -0.2) is 16.1 Å². The van der Waals surface area contributed by atoms with Gasteiger partial charge in [0.15, 0.2) is 0 Å². The molecular formula is C24H22N2O2S. The molecule has 146 valence electrons. The number of aromatic carboxylic acids is 1. The van der Waals surface area contributed by atoms with E-state index in [1.807, 2.05) is 54.6 Å². The maximum Gasteiger partial charge on any atom is 0.353 e. The quantitative estimate of drug-likeness (QED) is 0.376. The largest absolute Gasteiger partial charge is 0.477 e. The maximum absolute atomic E-state index is 11.8. The standard InChI is InChI=1S/C24H22N2O2S/c1-16-7-5-6-8-18(16)15-25-14-17-11-12-20-21(13-17)26-22(24(27)28)23(20)29-19-9-3-2-4-10-19/h2-13,25-26H,14-15H2,1H3,(H,27,28). The summed E-state index contributed by atoms with van der Waals surface area (Å²) < 4.78 is 0. The molecule has 0 radical (unpaired) electrons. The molecule has 0 saturated carbocycles. The summed E-state index contributed by atoms with van der Waals surface area (Å²) in [5.41, 5.74) is 4.74. The minimum Gasteiger partial charge on any atom is -0.477 e. The van der Waals surface area contributed by atoms with Crippen LogP contribution < -0.4 is 5.32 Å². The lowest BCUT2D eigenvalue weighted by Gasteiger charge is -2.08. The number of aromatic nitrogens is 1. The average Bonchev–Trinajstić information content (AvgIpc) is 3.08. The van der Waals surface area contributed by atoms with Gasteiger partial charge in [0.05, 0.1) is 4.90 Å². The van der Waals surface area contributed by atoms with Gasteiger partial charge in [-0.25, -0.2) is 4.79 Å². The molecule has 0 amide bonds. The molecule has 0 aliphatic heterocycles. The van der Waals surface area contributed by atoms with E-state index in [-0.39, 0.29) is 5.69 Å². The minimum atomic E-state index is -0.946. The van der Waals surface area contributed by atoms with Crippen LogP contribution in [0, 0.1) is 6.92 Å². The number of aromatic amines is 1. The molecule has 5 heteroatoms. The highest BCUT2D eigenvalue weighted by molar-refractivity contribution is 7.99. The van der Waals surface area contributed by atoms with Gasteiger partial charge in [-0.2, -0.15) is 0 Å². The molecule has 29 heavy (non-hydrogen) atoms. The van der Waals surface area contributed by atoms with Gasteiger partial charge in [0.2, 0.25) is 0 Å². The van der Waals surface area contributed by atoms with Crippen molar-refractivity contribution in [3.05, 3.63) is 95.2 Å². The number of rotatable bonds is 7. The number of H-pyrrole nitrogens is 1. The summed E-state index contributed by atoms with van der Waals surface area (Å²) in [6.07, 6.45) is 0. The van der Waals surface area contributed by atoms with E-state index >= 15 is 0 Å². The number of carboxylic acids is 1. The van der Waals surface area contributed by atoms with Gasteiger partial charge in [-0.1, -0.05) is 66.4 Å². The number of hydrogen-bond donors (Lipinski definition) is 3. The zero-order valence-electron chi connectivity index (χ0n) is 16.1. The van der Waals surface area contributed by atoms with Crippen molar-refractivity contribution in [2.45, 2.75) is 29.8 Å². The fourth-order valence-corrected chi connectivity index (χ4v) is 4.40. The van der Waals surface area contributed by atoms with Crippen LogP contribution in [0.5, 0.6) is 0 Å². The maximum atomic E-state index is 11.8. The minimum absolute atomic E-state index is 0.235. The van der Waals surface area contributed by atoms with Gasteiger partial charge in [0, 0.05) is 28.9 Å². The highest BCUT2D eigenvalue weighted by atomic mass is 32.2. The number of nitrogens with one attached hydrogen (secondary N) is 2. The molecule has 1 aromatic heterocycles. The number of fused-ring (bicyclic) bond motifs is 1. The zero-order chi connectivity index (χ0) is 20.2. The smallest absolute Gasteiger partial charge is 0.353 e. The van der Waals surface area contributed by atoms with E-state index in [4.69, 9.17) is 0 Å². The second kappa shape index (κ2) is 8.55. The molecule has 3 aromatic carbocycles. The Morgan fingerprint density at radius 2 is 1.76 bits per heavy atom. The second-order valence-electron chi connectivity index (χ2n) is 6.96. The Labute approximate surface area is 174 Å². The summed E-state index contributed by atoms with van der Waals surface area (Å²) >= 11 is 1.47. The topological polar surface area (TPSA) is 65.1 Å². The van der Waals surface area contributed by atoms with E-state index < -0.39 is 5.97 Å². The predicted molar refractivity (Wildman–Crippen MR) is 118 cm³/mol. The van der Waals surface area contributed by atoms with Crippen LogP contribution in [0.2, 0.25) is 0 Å². The molecule has 1 heterocycles. The van der Waals surface area contributed by atoms with E-state index in [1.54, 1.807) is 0 Å². The van der Waals surface area contributed by atoms with Crippen molar-refractivity contribution in [2.75, 3.05) is 0 Å². The lowest BCUT2D eigenvalue weighted by molar-refractivity contribution is 0.0688. The van der Waals surface area contributed by atoms with E-state index in [2.05, 4.69) is 35.4 Å². The third-order valence-electron chi connectivity index (χ3n) is 4.90. The zero-order valence-corrected chi connectivity index (χ0v) is 16.9. The molecule has 4 rings (SSSR count). The van der Waals surface area contributed by atoms with Crippen molar-refractivity contribution in [3.63, 3.8) is 0 Å². The molecule has 4 nitrogen and oxygen atoms in total. The summed E-state index contributed by atoms with van der Waals surface area (Å²) in [6, 6.07) is 24.3. The number of aryl methyl sites for hydroxylation is 1. The number of carbonyl (C=O) groups is 1. The van der Waals surface area contributed by atoms with Crippen LogP contribution in [0.4, 0.5) is 0 Å². The summed E-state index contributed by atoms with van der Waals surface area (Å²) in [6.45, 7) is 3.62. The molecule has 0 fully saturated rings. The third-order valence-corrected chi connectivity index (χ3v) is 6.03. The first-order chi connectivity index (χ1) is 14.1. The van der Waals surface area contributed by atoms with Crippen LogP contribution in [0.25, 0.3) is 10.9 Å². The molecule has 4 aromatic rings. The lowest BCUT2D eigenvalue weighted by Crippen LogP contribution is -2.13. The Bertz CT molecular complexity index is 1150. The van der Waals surface area contributed by atoms with E-state index in [1.165, 1.54) is 22.9 Å². The highest BCUT2D eigenvalue weighted by Crippen LogP contribution is 2.37. The summed E-state index contributed by atoms with van der Waals surface area (Å²) in [5, 5.41) is 14.1. The first-order valence-corrected chi connectivity index (χ1v) is 10.3. The lowest BCUT2D eigenvalue weighted by atomic mass is 10.1. The number of benzene rings is 3. The van der Waals surface area contributed by atoms with Gasteiger partial charge in [-0.3, -0.25) is 0 Å².